The molecule has 144 valence electrons. The average Bonchev–Trinajstić information content (AvgIpc) is 3.21. The molecule has 0 spiro atoms. The van der Waals surface area contributed by atoms with Gasteiger partial charge < -0.3 is 19.5 Å². The first kappa shape index (κ1) is 19.0. The minimum absolute atomic E-state index is 0.0292. The summed E-state index contributed by atoms with van der Waals surface area (Å²) in [5.74, 6) is 2.18. The summed E-state index contributed by atoms with van der Waals surface area (Å²) in [6, 6.07) is 13.0. The summed E-state index contributed by atoms with van der Waals surface area (Å²) in [4.78, 5) is 12.5. The van der Waals surface area contributed by atoms with Crippen LogP contribution in [0.15, 0.2) is 42.5 Å². The van der Waals surface area contributed by atoms with Crippen molar-refractivity contribution in [3.8, 4) is 17.2 Å². The van der Waals surface area contributed by atoms with E-state index in [9.17, 15) is 4.79 Å². The molecule has 1 heterocycles. The van der Waals surface area contributed by atoms with Crippen LogP contribution in [0.4, 0.5) is 0 Å². The van der Waals surface area contributed by atoms with Crippen molar-refractivity contribution in [3.05, 3.63) is 53.6 Å². The summed E-state index contributed by atoms with van der Waals surface area (Å²) < 4.78 is 15.9. The number of hydrazine groups is 1. The molecule has 0 bridgehead atoms. The van der Waals surface area contributed by atoms with E-state index < -0.39 is 0 Å². The molecule has 1 aliphatic heterocycles. The first-order chi connectivity index (χ1) is 13.1. The normalized spacial score (nSPS) is 18.8. The second-order valence-corrected chi connectivity index (χ2v) is 6.31. The number of rotatable bonds is 7. The predicted molar refractivity (Wildman–Crippen MR) is 102 cm³/mol. The van der Waals surface area contributed by atoms with Gasteiger partial charge in [0.1, 0.15) is 23.3 Å². The second kappa shape index (κ2) is 8.75. The van der Waals surface area contributed by atoms with Gasteiger partial charge in [-0.15, -0.1) is 0 Å². The summed E-state index contributed by atoms with van der Waals surface area (Å²) in [7, 11) is 4.87. The minimum atomic E-state index is -0.326. The van der Waals surface area contributed by atoms with Crippen LogP contribution in [-0.2, 0) is 11.3 Å². The van der Waals surface area contributed by atoms with E-state index in [4.69, 9.17) is 14.2 Å². The largest absolute Gasteiger partial charge is 0.497 e. The molecule has 0 aromatic heterocycles. The van der Waals surface area contributed by atoms with E-state index in [1.807, 2.05) is 42.5 Å². The lowest BCUT2D eigenvalue weighted by Gasteiger charge is -2.15. The standard InChI is InChI=1S/C20H25N3O4/c1-25-14-6-4-5-13(9-14)12-21-20(24)18-11-17(22-23-18)16-8-7-15(26-2)10-19(16)27-3/h4-10,17-18,22-23H,11-12H2,1-3H3,(H,21,24). The van der Waals surface area contributed by atoms with Crippen molar-refractivity contribution in [3.63, 3.8) is 0 Å². The zero-order valence-corrected chi connectivity index (χ0v) is 15.7. The molecule has 3 N–H and O–H groups in total. The molecule has 27 heavy (non-hydrogen) atoms. The van der Waals surface area contributed by atoms with Crippen LogP contribution in [-0.4, -0.2) is 33.3 Å². The highest BCUT2D eigenvalue weighted by atomic mass is 16.5. The summed E-state index contributed by atoms with van der Waals surface area (Å²) in [6.45, 7) is 0.449. The fraction of sp³-hybridized carbons (Fsp3) is 0.350. The highest BCUT2D eigenvalue weighted by molar-refractivity contribution is 5.82. The van der Waals surface area contributed by atoms with E-state index in [1.165, 1.54) is 0 Å². The van der Waals surface area contributed by atoms with Crippen molar-refractivity contribution in [1.82, 2.24) is 16.2 Å². The van der Waals surface area contributed by atoms with Gasteiger partial charge in [0.05, 0.1) is 27.4 Å². The zero-order valence-electron chi connectivity index (χ0n) is 15.7. The number of amides is 1. The number of carbonyl (C=O) groups excluding carboxylic acids is 1. The number of nitrogens with one attached hydrogen (secondary N) is 3. The molecule has 1 saturated heterocycles. The Kier molecular flexibility index (Phi) is 6.16. The molecule has 1 aliphatic rings. The third-order valence-corrected chi connectivity index (χ3v) is 4.64. The van der Waals surface area contributed by atoms with Crippen LogP contribution in [0.1, 0.15) is 23.6 Å². The van der Waals surface area contributed by atoms with Gasteiger partial charge in [0, 0.05) is 18.2 Å². The van der Waals surface area contributed by atoms with E-state index in [1.54, 1.807) is 21.3 Å². The fourth-order valence-corrected chi connectivity index (χ4v) is 3.13. The molecule has 0 saturated carbocycles. The molecule has 2 unspecified atom stereocenters. The lowest BCUT2D eigenvalue weighted by atomic mass is 10.0. The van der Waals surface area contributed by atoms with Gasteiger partial charge in [-0.2, -0.15) is 0 Å². The molecule has 1 amide bonds. The Hall–Kier alpha value is -2.77. The lowest BCUT2D eigenvalue weighted by Crippen LogP contribution is -2.42. The average molecular weight is 371 g/mol. The maximum absolute atomic E-state index is 12.5. The van der Waals surface area contributed by atoms with E-state index in [0.717, 1.165) is 28.4 Å². The summed E-state index contributed by atoms with van der Waals surface area (Å²) in [5, 5.41) is 2.96. The van der Waals surface area contributed by atoms with Gasteiger partial charge in [-0.3, -0.25) is 4.79 Å². The molecular weight excluding hydrogens is 346 g/mol. The van der Waals surface area contributed by atoms with Gasteiger partial charge >= 0.3 is 0 Å². The molecule has 7 nitrogen and oxygen atoms in total. The van der Waals surface area contributed by atoms with Crippen molar-refractivity contribution in [2.24, 2.45) is 0 Å². The van der Waals surface area contributed by atoms with Crippen LogP contribution < -0.4 is 30.4 Å². The Morgan fingerprint density at radius 3 is 2.56 bits per heavy atom. The number of methoxy groups -OCH3 is 3. The van der Waals surface area contributed by atoms with Gasteiger partial charge in [-0.1, -0.05) is 18.2 Å². The molecule has 1 fully saturated rings. The molecule has 0 aliphatic carbocycles. The van der Waals surface area contributed by atoms with E-state index in [-0.39, 0.29) is 18.0 Å². The Labute approximate surface area is 159 Å². The van der Waals surface area contributed by atoms with Gasteiger partial charge in [-0.05, 0) is 30.2 Å². The summed E-state index contributed by atoms with van der Waals surface area (Å²) in [5.41, 5.74) is 8.22. The number of benzene rings is 2. The van der Waals surface area contributed by atoms with Gasteiger partial charge in [0.25, 0.3) is 0 Å². The molecular formula is C20H25N3O4. The van der Waals surface area contributed by atoms with Gasteiger partial charge in [0.15, 0.2) is 0 Å². The maximum Gasteiger partial charge on any atom is 0.238 e. The number of carbonyl (C=O) groups is 1. The van der Waals surface area contributed by atoms with Crippen LogP contribution in [0.25, 0.3) is 0 Å². The van der Waals surface area contributed by atoms with Crippen LogP contribution in [0.2, 0.25) is 0 Å². The topological polar surface area (TPSA) is 80.9 Å². The lowest BCUT2D eigenvalue weighted by molar-refractivity contribution is -0.123. The first-order valence-electron chi connectivity index (χ1n) is 8.78. The highest BCUT2D eigenvalue weighted by Gasteiger charge is 2.31. The molecule has 2 atom stereocenters. The van der Waals surface area contributed by atoms with Crippen LogP contribution in [0.5, 0.6) is 17.2 Å². The van der Waals surface area contributed by atoms with E-state index in [2.05, 4.69) is 16.2 Å². The molecule has 2 aromatic rings. The van der Waals surface area contributed by atoms with E-state index in [0.29, 0.717) is 13.0 Å². The monoisotopic (exact) mass is 371 g/mol. The van der Waals surface area contributed by atoms with Crippen molar-refractivity contribution in [2.75, 3.05) is 21.3 Å². The zero-order chi connectivity index (χ0) is 19.2. The fourth-order valence-electron chi connectivity index (χ4n) is 3.13. The Morgan fingerprint density at radius 2 is 1.81 bits per heavy atom. The van der Waals surface area contributed by atoms with Crippen molar-refractivity contribution in [1.29, 1.82) is 0 Å². The molecule has 0 radical (unpaired) electrons. The summed E-state index contributed by atoms with van der Waals surface area (Å²) >= 11 is 0. The van der Waals surface area contributed by atoms with Gasteiger partial charge in [0.2, 0.25) is 5.91 Å². The number of hydrogen-bond acceptors (Lipinski definition) is 6. The second-order valence-electron chi connectivity index (χ2n) is 6.31. The van der Waals surface area contributed by atoms with Crippen LogP contribution >= 0.6 is 0 Å². The third-order valence-electron chi connectivity index (χ3n) is 4.64. The van der Waals surface area contributed by atoms with E-state index >= 15 is 0 Å². The molecule has 3 rings (SSSR count). The SMILES string of the molecule is COc1cccc(CNC(=O)C2CC(c3ccc(OC)cc3OC)NN2)c1. The van der Waals surface area contributed by atoms with Crippen molar-refractivity contribution < 1.29 is 19.0 Å². The third kappa shape index (κ3) is 4.50. The number of hydrogen-bond donors (Lipinski definition) is 3. The van der Waals surface area contributed by atoms with Crippen LogP contribution in [0, 0.1) is 0 Å². The van der Waals surface area contributed by atoms with Crippen LogP contribution in [0.3, 0.4) is 0 Å². The highest BCUT2D eigenvalue weighted by Crippen LogP contribution is 2.33. The smallest absolute Gasteiger partial charge is 0.238 e. The molecule has 2 aromatic carbocycles. The minimum Gasteiger partial charge on any atom is -0.497 e. The quantitative estimate of drug-likeness (QED) is 0.690. The first-order valence-corrected chi connectivity index (χ1v) is 8.78. The number of ether oxygens (including phenoxy) is 3. The Morgan fingerprint density at radius 1 is 1.04 bits per heavy atom. The Balaban J connectivity index is 1.59. The molecule has 7 heteroatoms. The maximum atomic E-state index is 12.5. The van der Waals surface area contributed by atoms with Crippen molar-refractivity contribution >= 4 is 5.91 Å². The summed E-state index contributed by atoms with van der Waals surface area (Å²) in [6.07, 6.45) is 0.618. The Bertz CT molecular complexity index is 797. The van der Waals surface area contributed by atoms with Crippen molar-refractivity contribution in [2.45, 2.75) is 25.0 Å². The van der Waals surface area contributed by atoms with Gasteiger partial charge in [-0.25, -0.2) is 10.9 Å². The predicted octanol–water partition coefficient (Wildman–Crippen LogP) is 1.94.